The van der Waals surface area contributed by atoms with Crippen LogP contribution in [0.5, 0.6) is 5.75 Å². The first kappa shape index (κ1) is 12.4. The van der Waals surface area contributed by atoms with Crippen LogP contribution in [0.25, 0.3) is 0 Å². The van der Waals surface area contributed by atoms with E-state index in [0.29, 0.717) is 6.61 Å². The zero-order valence-electron chi connectivity index (χ0n) is 10.8. The van der Waals surface area contributed by atoms with Crippen LogP contribution in [0.3, 0.4) is 0 Å². The van der Waals surface area contributed by atoms with Crippen LogP contribution in [0.1, 0.15) is 11.1 Å². The van der Waals surface area contributed by atoms with E-state index in [2.05, 4.69) is 30.2 Å². The number of pyridine rings is 1. The van der Waals surface area contributed by atoms with Gasteiger partial charge in [0, 0.05) is 6.20 Å². The molecule has 3 heteroatoms. The van der Waals surface area contributed by atoms with Crippen molar-refractivity contribution in [2.24, 2.45) is 0 Å². The average Bonchev–Trinajstić information content (AvgIpc) is 2.40. The molecule has 1 aromatic heterocycles. The number of aromatic nitrogens is 1. The van der Waals surface area contributed by atoms with Crippen LogP contribution in [0.15, 0.2) is 42.6 Å². The smallest absolute Gasteiger partial charge is 0.125 e. The molecule has 0 atom stereocenters. The Hall–Kier alpha value is -2.03. The van der Waals surface area contributed by atoms with Crippen molar-refractivity contribution in [2.45, 2.75) is 13.8 Å². The highest BCUT2D eigenvalue weighted by molar-refractivity contribution is 5.38. The van der Waals surface area contributed by atoms with Gasteiger partial charge in [-0.1, -0.05) is 18.2 Å². The highest BCUT2D eigenvalue weighted by atomic mass is 16.5. The van der Waals surface area contributed by atoms with Gasteiger partial charge in [0.1, 0.15) is 18.2 Å². The van der Waals surface area contributed by atoms with E-state index in [9.17, 15) is 0 Å². The fourth-order valence-corrected chi connectivity index (χ4v) is 1.69. The molecule has 0 saturated carbocycles. The molecular weight excluding hydrogens is 224 g/mol. The van der Waals surface area contributed by atoms with E-state index >= 15 is 0 Å². The van der Waals surface area contributed by atoms with Gasteiger partial charge < -0.3 is 10.1 Å². The molecule has 3 nitrogen and oxygen atoms in total. The van der Waals surface area contributed by atoms with Crippen molar-refractivity contribution in [1.82, 2.24) is 4.98 Å². The minimum Gasteiger partial charge on any atom is -0.491 e. The van der Waals surface area contributed by atoms with Gasteiger partial charge in [-0.25, -0.2) is 4.98 Å². The van der Waals surface area contributed by atoms with Crippen LogP contribution in [0.2, 0.25) is 0 Å². The van der Waals surface area contributed by atoms with E-state index < -0.39 is 0 Å². The van der Waals surface area contributed by atoms with Crippen LogP contribution in [0.4, 0.5) is 5.82 Å². The summed E-state index contributed by atoms with van der Waals surface area (Å²) in [6, 6.07) is 11.9. The van der Waals surface area contributed by atoms with E-state index in [1.165, 1.54) is 11.1 Å². The number of benzene rings is 1. The monoisotopic (exact) mass is 242 g/mol. The Morgan fingerprint density at radius 3 is 2.78 bits per heavy atom. The van der Waals surface area contributed by atoms with E-state index in [4.69, 9.17) is 4.74 Å². The van der Waals surface area contributed by atoms with E-state index in [-0.39, 0.29) is 0 Å². The third kappa shape index (κ3) is 3.23. The summed E-state index contributed by atoms with van der Waals surface area (Å²) in [5.41, 5.74) is 2.46. The van der Waals surface area contributed by atoms with Gasteiger partial charge in [-0.3, -0.25) is 0 Å². The Morgan fingerprint density at radius 1 is 1.11 bits per heavy atom. The van der Waals surface area contributed by atoms with Crippen molar-refractivity contribution < 1.29 is 4.74 Å². The maximum Gasteiger partial charge on any atom is 0.125 e. The molecule has 0 unspecified atom stereocenters. The summed E-state index contributed by atoms with van der Waals surface area (Å²) < 4.78 is 5.75. The van der Waals surface area contributed by atoms with Crippen molar-refractivity contribution >= 4 is 5.82 Å². The molecule has 0 bridgehead atoms. The summed E-state index contributed by atoms with van der Waals surface area (Å²) in [6.45, 7) is 5.54. The van der Waals surface area contributed by atoms with Gasteiger partial charge in [-0.15, -0.1) is 0 Å². The molecule has 0 spiro atoms. The quantitative estimate of drug-likeness (QED) is 0.818. The Morgan fingerprint density at radius 2 is 2.00 bits per heavy atom. The number of nitrogens with zero attached hydrogens (tertiary/aromatic N) is 1. The van der Waals surface area contributed by atoms with Crippen LogP contribution in [-0.2, 0) is 0 Å². The van der Waals surface area contributed by atoms with E-state index in [0.717, 1.165) is 18.1 Å². The zero-order chi connectivity index (χ0) is 12.8. The first-order valence-corrected chi connectivity index (χ1v) is 6.11. The molecule has 0 aliphatic rings. The number of aryl methyl sites for hydroxylation is 1. The summed E-state index contributed by atoms with van der Waals surface area (Å²) >= 11 is 0. The van der Waals surface area contributed by atoms with Gasteiger partial charge in [-0.2, -0.15) is 0 Å². The Kier molecular flexibility index (Phi) is 4.18. The molecule has 0 radical (unpaired) electrons. The molecule has 94 valence electrons. The maximum absolute atomic E-state index is 5.75. The van der Waals surface area contributed by atoms with Crippen LogP contribution in [-0.4, -0.2) is 18.1 Å². The molecule has 0 aliphatic heterocycles. The second-order valence-electron chi connectivity index (χ2n) is 4.19. The minimum absolute atomic E-state index is 0.626. The summed E-state index contributed by atoms with van der Waals surface area (Å²) in [5.74, 6) is 1.83. The molecule has 0 fully saturated rings. The summed E-state index contributed by atoms with van der Waals surface area (Å²) in [6.07, 6.45) is 1.77. The first-order valence-electron chi connectivity index (χ1n) is 6.11. The maximum atomic E-state index is 5.75. The van der Waals surface area contributed by atoms with Gasteiger partial charge >= 0.3 is 0 Å². The minimum atomic E-state index is 0.626. The second kappa shape index (κ2) is 6.05. The van der Waals surface area contributed by atoms with Crippen LogP contribution in [0, 0.1) is 13.8 Å². The number of rotatable bonds is 5. The summed E-state index contributed by atoms with van der Waals surface area (Å²) in [4.78, 5) is 4.19. The fraction of sp³-hybridized carbons (Fsp3) is 0.267. The lowest BCUT2D eigenvalue weighted by Crippen LogP contribution is -2.12. The van der Waals surface area contributed by atoms with Crippen molar-refractivity contribution in [1.29, 1.82) is 0 Å². The molecule has 0 aliphatic carbocycles. The Balaban J connectivity index is 1.81. The predicted octanol–water partition coefficient (Wildman–Crippen LogP) is 3.19. The summed E-state index contributed by atoms with van der Waals surface area (Å²) in [7, 11) is 0. The highest BCUT2D eigenvalue weighted by Gasteiger charge is 2.01. The molecule has 18 heavy (non-hydrogen) atoms. The molecule has 0 saturated heterocycles. The molecule has 1 N–H and O–H groups in total. The molecule has 1 aromatic carbocycles. The fourth-order valence-electron chi connectivity index (χ4n) is 1.69. The normalized spacial score (nSPS) is 10.1. The molecule has 0 amide bonds. The summed E-state index contributed by atoms with van der Waals surface area (Å²) in [5, 5.41) is 3.21. The number of anilines is 1. The Bertz CT molecular complexity index is 497. The first-order chi connectivity index (χ1) is 8.77. The second-order valence-corrected chi connectivity index (χ2v) is 4.19. The van der Waals surface area contributed by atoms with Crippen molar-refractivity contribution in [3.8, 4) is 5.75 Å². The van der Waals surface area contributed by atoms with Crippen molar-refractivity contribution in [2.75, 3.05) is 18.5 Å². The van der Waals surface area contributed by atoms with Gasteiger partial charge in [0.15, 0.2) is 0 Å². The number of ether oxygens (including phenoxy) is 1. The van der Waals surface area contributed by atoms with Gasteiger partial charge in [0.2, 0.25) is 0 Å². The zero-order valence-corrected chi connectivity index (χ0v) is 10.8. The third-order valence-electron chi connectivity index (χ3n) is 2.89. The van der Waals surface area contributed by atoms with Gasteiger partial charge in [-0.05, 0) is 43.2 Å². The lowest BCUT2D eigenvalue weighted by Gasteiger charge is -2.11. The predicted molar refractivity (Wildman–Crippen MR) is 74.1 cm³/mol. The Labute approximate surface area is 108 Å². The largest absolute Gasteiger partial charge is 0.491 e. The van der Waals surface area contributed by atoms with Gasteiger partial charge in [0.25, 0.3) is 0 Å². The molecular formula is C15H18N2O. The number of hydrogen-bond acceptors (Lipinski definition) is 3. The lowest BCUT2D eigenvalue weighted by atomic mass is 10.1. The van der Waals surface area contributed by atoms with E-state index in [1.54, 1.807) is 6.20 Å². The molecule has 2 rings (SSSR count). The van der Waals surface area contributed by atoms with E-state index in [1.807, 2.05) is 30.3 Å². The average molecular weight is 242 g/mol. The number of hydrogen-bond donors (Lipinski definition) is 1. The standard InChI is InChI=1S/C15H18N2O/c1-12-6-5-7-14(13(12)2)18-11-10-17-15-8-3-4-9-16-15/h3-9H,10-11H2,1-2H3,(H,16,17). The third-order valence-corrected chi connectivity index (χ3v) is 2.89. The van der Waals surface area contributed by atoms with Gasteiger partial charge in [0.05, 0.1) is 6.54 Å². The van der Waals surface area contributed by atoms with Crippen molar-refractivity contribution in [3.05, 3.63) is 53.7 Å². The topological polar surface area (TPSA) is 34.1 Å². The molecule has 2 aromatic rings. The van der Waals surface area contributed by atoms with Crippen LogP contribution < -0.4 is 10.1 Å². The highest BCUT2D eigenvalue weighted by Crippen LogP contribution is 2.20. The van der Waals surface area contributed by atoms with Crippen molar-refractivity contribution in [3.63, 3.8) is 0 Å². The molecule has 1 heterocycles. The number of nitrogens with one attached hydrogen (secondary N) is 1. The SMILES string of the molecule is Cc1cccc(OCCNc2ccccn2)c1C. The lowest BCUT2D eigenvalue weighted by molar-refractivity contribution is 0.330. The van der Waals surface area contributed by atoms with Crippen LogP contribution >= 0.6 is 0 Å².